The van der Waals surface area contributed by atoms with E-state index in [0.29, 0.717) is 22.8 Å². The van der Waals surface area contributed by atoms with Crippen LogP contribution in [0.3, 0.4) is 0 Å². The fraction of sp³-hybridized carbons (Fsp3) is 0.182. The summed E-state index contributed by atoms with van der Waals surface area (Å²) in [6.07, 6.45) is 0. The van der Waals surface area contributed by atoms with Gasteiger partial charge in [0.05, 0.1) is 16.3 Å². The maximum atomic E-state index is 11.6. The van der Waals surface area contributed by atoms with Crippen molar-refractivity contribution in [3.63, 3.8) is 0 Å². The minimum Gasteiger partial charge on any atom is -0.397 e. The molecule has 0 fully saturated rings. The van der Waals surface area contributed by atoms with E-state index in [-0.39, 0.29) is 5.91 Å². The first-order valence-corrected chi connectivity index (χ1v) is 4.86. The molecular formula is C11H13ClN2O. The van der Waals surface area contributed by atoms with Crippen molar-refractivity contribution >= 4 is 23.2 Å². The lowest BCUT2D eigenvalue weighted by Crippen LogP contribution is -2.25. The summed E-state index contributed by atoms with van der Waals surface area (Å²) < 4.78 is 0. The summed E-state index contributed by atoms with van der Waals surface area (Å²) >= 11 is 5.80. The minimum absolute atomic E-state index is 0.238. The first-order valence-electron chi connectivity index (χ1n) is 4.49. The van der Waals surface area contributed by atoms with Crippen LogP contribution in [0, 0.1) is 0 Å². The number of halogens is 1. The largest absolute Gasteiger partial charge is 0.397 e. The molecule has 15 heavy (non-hydrogen) atoms. The fourth-order valence-corrected chi connectivity index (χ4v) is 1.24. The van der Waals surface area contributed by atoms with Gasteiger partial charge in [-0.25, -0.2) is 0 Å². The van der Waals surface area contributed by atoms with Crippen molar-refractivity contribution in [3.05, 3.63) is 40.9 Å². The quantitative estimate of drug-likeness (QED) is 0.611. The summed E-state index contributed by atoms with van der Waals surface area (Å²) in [5, 5.41) is 3.08. The Bertz CT molecular complexity index is 402. The van der Waals surface area contributed by atoms with E-state index in [9.17, 15) is 4.79 Å². The van der Waals surface area contributed by atoms with Crippen molar-refractivity contribution in [3.8, 4) is 0 Å². The van der Waals surface area contributed by atoms with E-state index in [0.717, 1.165) is 5.57 Å². The number of nitrogen functional groups attached to an aromatic ring is 1. The third-order valence-electron chi connectivity index (χ3n) is 1.85. The van der Waals surface area contributed by atoms with Crippen LogP contribution in [0.15, 0.2) is 30.4 Å². The molecule has 0 aliphatic heterocycles. The second-order valence-electron chi connectivity index (χ2n) is 3.34. The molecule has 80 valence electrons. The number of hydrogen-bond acceptors (Lipinski definition) is 2. The van der Waals surface area contributed by atoms with E-state index >= 15 is 0 Å². The van der Waals surface area contributed by atoms with Crippen molar-refractivity contribution in [2.75, 3.05) is 12.3 Å². The van der Waals surface area contributed by atoms with Crippen LogP contribution in [-0.4, -0.2) is 12.5 Å². The summed E-state index contributed by atoms with van der Waals surface area (Å²) in [6, 6.07) is 4.97. The Morgan fingerprint density at radius 3 is 2.87 bits per heavy atom. The number of rotatable bonds is 3. The first-order chi connectivity index (χ1) is 7.02. The smallest absolute Gasteiger partial charge is 0.253 e. The van der Waals surface area contributed by atoms with E-state index in [1.54, 1.807) is 18.2 Å². The molecule has 0 spiro atoms. The zero-order valence-electron chi connectivity index (χ0n) is 8.51. The normalized spacial score (nSPS) is 9.73. The Kier molecular flexibility index (Phi) is 3.74. The fourth-order valence-electron chi connectivity index (χ4n) is 1.06. The topological polar surface area (TPSA) is 55.1 Å². The van der Waals surface area contributed by atoms with Crippen LogP contribution in [0.5, 0.6) is 0 Å². The lowest BCUT2D eigenvalue weighted by atomic mass is 10.1. The Balaban J connectivity index is 2.82. The molecular weight excluding hydrogens is 212 g/mol. The molecule has 1 aromatic rings. The highest BCUT2D eigenvalue weighted by atomic mass is 35.5. The zero-order chi connectivity index (χ0) is 11.4. The van der Waals surface area contributed by atoms with Gasteiger partial charge in [0.2, 0.25) is 0 Å². The highest BCUT2D eigenvalue weighted by Crippen LogP contribution is 2.22. The molecule has 1 aromatic carbocycles. The Morgan fingerprint density at radius 2 is 2.27 bits per heavy atom. The number of hydrogen-bond donors (Lipinski definition) is 2. The molecule has 0 aromatic heterocycles. The van der Waals surface area contributed by atoms with Crippen LogP contribution in [0.25, 0.3) is 0 Å². The monoisotopic (exact) mass is 224 g/mol. The number of nitrogens with two attached hydrogens (primary N) is 1. The average Bonchev–Trinajstić information content (AvgIpc) is 2.18. The maximum Gasteiger partial charge on any atom is 0.253 e. The Hall–Kier alpha value is -1.48. The summed E-state index contributed by atoms with van der Waals surface area (Å²) in [6.45, 7) is 5.96. The van der Waals surface area contributed by atoms with Gasteiger partial charge in [0.15, 0.2) is 0 Å². The summed E-state index contributed by atoms with van der Waals surface area (Å²) in [5.41, 5.74) is 7.25. The van der Waals surface area contributed by atoms with Crippen LogP contribution in [0.4, 0.5) is 5.69 Å². The van der Waals surface area contributed by atoms with E-state index in [1.165, 1.54) is 0 Å². The van der Waals surface area contributed by atoms with Gasteiger partial charge in [-0.1, -0.05) is 29.8 Å². The second kappa shape index (κ2) is 4.84. The van der Waals surface area contributed by atoms with Crippen molar-refractivity contribution in [2.45, 2.75) is 6.92 Å². The number of carbonyl (C=O) groups is 1. The molecule has 3 N–H and O–H groups in total. The maximum absolute atomic E-state index is 11.6. The van der Waals surface area contributed by atoms with E-state index in [4.69, 9.17) is 17.3 Å². The minimum atomic E-state index is -0.238. The van der Waals surface area contributed by atoms with Crippen LogP contribution in [0.2, 0.25) is 5.02 Å². The highest BCUT2D eigenvalue weighted by molar-refractivity contribution is 6.33. The third kappa shape index (κ3) is 2.99. The second-order valence-corrected chi connectivity index (χ2v) is 3.75. The number of benzene rings is 1. The van der Waals surface area contributed by atoms with Crippen LogP contribution >= 0.6 is 11.6 Å². The molecule has 0 aliphatic carbocycles. The summed E-state index contributed by atoms with van der Waals surface area (Å²) in [4.78, 5) is 11.6. The summed E-state index contributed by atoms with van der Waals surface area (Å²) in [5.74, 6) is -0.238. The number of anilines is 1. The molecule has 4 heteroatoms. The third-order valence-corrected chi connectivity index (χ3v) is 2.18. The van der Waals surface area contributed by atoms with E-state index in [2.05, 4.69) is 11.9 Å². The summed E-state index contributed by atoms with van der Waals surface area (Å²) in [7, 11) is 0. The van der Waals surface area contributed by atoms with Crippen LogP contribution in [-0.2, 0) is 0 Å². The first kappa shape index (κ1) is 11.6. The van der Waals surface area contributed by atoms with Gasteiger partial charge in [-0.2, -0.15) is 0 Å². The molecule has 3 nitrogen and oxygen atoms in total. The number of carbonyl (C=O) groups excluding carboxylic acids is 1. The molecule has 0 unspecified atom stereocenters. The highest BCUT2D eigenvalue weighted by Gasteiger charge is 2.10. The molecule has 0 aliphatic rings. The van der Waals surface area contributed by atoms with Gasteiger partial charge >= 0.3 is 0 Å². The predicted octanol–water partition coefficient (Wildman–Crippen LogP) is 2.23. The van der Waals surface area contributed by atoms with Gasteiger partial charge in [-0.05, 0) is 19.1 Å². The molecule has 0 atom stereocenters. The Morgan fingerprint density at radius 1 is 1.60 bits per heavy atom. The van der Waals surface area contributed by atoms with Gasteiger partial charge in [0.25, 0.3) is 5.91 Å². The molecule has 0 radical (unpaired) electrons. The van der Waals surface area contributed by atoms with Crippen LogP contribution in [0.1, 0.15) is 17.3 Å². The predicted molar refractivity (Wildman–Crippen MR) is 63.0 cm³/mol. The molecule has 1 rings (SSSR count). The Labute approximate surface area is 93.9 Å². The molecule has 0 saturated heterocycles. The number of nitrogens with one attached hydrogen (secondary N) is 1. The molecule has 0 saturated carbocycles. The van der Waals surface area contributed by atoms with Crippen molar-refractivity contribution < 1.29 is 4.79 Å². The van der Waals surface area contributed by atoms with Gasteiger partial charge in [0, 0.05) is 6.54 Å². The van der Waals surface area contributed by atoms with Crippen LogP contribution < -0.4 is 11.1 Å². The van der Waals surface area contributed by atoms with E-state index in [1.807, 2.05) is 6.92 Å². The standard InChI is InChI=1S/C11H13ClN2O/c1-7(2)6-14-11(15)8-4-3-5-9(12)10(8)13/h3-5H,1,6,13H2,2H3,(H,14,15). The van der Waals surface area contributed by atoms with Gasteiger partial charge in [0.1, 0.15) is 0 Å². The zero-order valence-corrected chi connectivity index (χ0v) is 9.27. The molecule has 1 amide bonds. The van der Waals surface area contributed by atoms with Gasteiger partial charge in [-0.15, -0.1) is 0 Å². The lowest BCUT2D eigenvalue weighted by molar-refractivity contribution is 0.0958. The van der Waals surface area contributed by atoms with E-state index < -0.39 is 0 Å². The SMILES string of the molecule is C=C(C)CNC(=O)c1cccc(Cl)c1N. The van der Waals surface area contributed by atoms with Gasteiger partial charge in [-0.3, -0.25) is 4.79 Å². The number of amides is 1. The van der Waals surface area contributed by atoms with Crippen molar-refractivity contribution in [1.82, 2.24) is 5.32 Å². The van der Waals surface area contributed by atoms with Crippen molar-refractivity contribution in [2.24, 2.45) is 0 Å². The molecule has 0 bridgehead atoms. The lowest BCUT2D eigenvalue weighted by Gasteiger charge is -2.07. The number of para-hydroxylation sites is 1. The molecule has 0 heterocycles. The average molecular weight is 225 g/mol. The van der Waals surface area contributed by atoms with Crippen molar-refractivity contribution in [1.29, 1.82) is 0 Å². The van der Waals surface area contributed by atoms with Gasteiger partial charge < -0.3 is 11.1 Å².